The van der Waals surface area contributed by atoms with Crippen LogP contribution in [0.25, 0.3) is 0 Å². The van der Waals surface area contributed by atoms with Gasteiger partial charge in [0, 0.05) is 31.9 Å². The van der Waals surface area contributed by atoms with Gasteiger partial charge in [-0.25, -0.2) is 0 Å². The average molecular weight is 414 g/mol. The normalized spacial score (nSPS) is 11.7. The Morgan fingerprint density at radius 1 is 0.967 bits per heavy atom. The van der Waals surface area contributed by atoms with Crippen molar-refractivity contribution >= 4 is 17.5 Å². The summed E-state index contributed by atoms with van der Waals surface area (Å²) >= 11 is 0. The molecule has 7 nitrogen and oxygen atoms in total. The van der Waals surface area contributed by atoms with Gasteiger partial charge in [0.05, 0.1) is 27.7 Å². The van der Waals surface area contributed by atoms with Gasteiger partial charge in [-0.3, -0.25) is 9.59 Å². The summed E-state index contributed by atoms with van der Waals surface area (Å²) in [5.41, 5.74) is 3.29. The highest BCUT2D eigenvalue weighted by Crippen LogP contribution is 2.16. The number of hydrogen-bond acceptors (Lipinski definition) is 4. The van der Waals surface area contributed by atoms with Gasteiger partial charge in [0.25, 0.3) is 0 Å². The first-order valence-corrected chi connectivity index (χ1v) is 10.1. The van der Waals surface area contributed by atoms with E-state index in [9.17, 15) is 9.59 Å². The van der Waals surface area contributed by atoms with E-state index in [0.717, 1.165) is 22.6 Å². The SMILES string of the molecule is COc1ccc(CCNC(=O)C(=O)NC[C@H](c2ccc(N(C)C)cc2)[NH+](C)C)cc1. The molecule has 0 heterocycles. The Hall–Kier alpha value is -3.06. The fourth-order valence-corrected chi connectivity index (χ4v) is 3.13. The molecule has 0 aliphatic carbocycles. The zero-order valence-electron chi connectivity index (χ0n) is 18.5. The maximum absolute atomic E-state index is 12.2. The lowest BCUT2D eigenvalue weighted by Gasteiger charge is -2.23. The molecule has 0 spiro atoms. The molecular formula is C23H33N4O3+. The summed E-state index contributed by atoms with van der Waals surface area (Å²) in [5, 5.41) is 5.44. The third kappa shape index (κ3) is 6.77. The molecule has 2 amide bonds. The van der Waals surface area contributed by atoms with E-state index in [4.69, 9.17) is 4.74 Å². The van der Waals surface area contributed by atoms with Crippen LogP contribution in [0.5, 0.6) is 5.75 Å². The van der Waals surface area contributed by atoms with Gasteiger partial charge in [0.15, 0.2) is 0 Å². The maximum atomic E-state index is 12.2. The lowest BCUT2D eigenvalue weighted by molar-refractivity contribution is -0.890. The second-order valence-electron chi connectivity index (χ2n) is 7.68. The highest BCUT2D eigenvalue weighted by molar-refractivity contribution is 6.35. The Morgan fingerprint density at radius 2 is 1.57 bits per heavy atom. The van der Waals surface area contributed by atoms with E-state index < -0.39 is 11.8 Å². The minimum atomic E-state index is -0.612. The second kappa shape index (κ2) is 11.2. The molecule has 0 fully saturated rings. The van der Waals surface area contributed by atoms with Crippen LogP contribution in [0, 0.1) is 0 Å². The molecule has 1 atom stereocenters. The van der Waals surface area contributed by atoms with Crippen molar-refractivity contribution in [3.05, 3.63) is 59.7 Å². The molecule has 162 valence electrons. The fraction of sp³-hybridized carbons (Fsp3) is 0.391. The van der Waals surface area contributed by atoms with Crippen LogP contribution in [-0.4, -0.2) is 60.2 Å². The van der Waals surface area contributed by atoms with E-state index >= 15 is 0 Å². The number of amides is 2. The summed E-state index contributed by atoms with van der Waals surface area (Å²) in [4.78, 5) is 27.5. The fourth-order valence-electron chi connectivity index (χ4n) is 3.13. The predicted octanol–water partition coefficient (Wildman–Crippen LogP) is 0.422. The monoisotopic (exact) mass is 413 g/mol. The number of anilines is 1. The van der Waals surface area contributed by atoms with Gasteiger partial charge >= 0.3 is 11.8 Å². The van der Waals surface area contributed by atoms with Crippen molar-refractivity contribution in [2.75, 3.05) is 53.3 Å². The number of benzene rings is 2. The van der Waals surface area contributed by atoms with Crippen molar-refractivity contribution < 1.29 is 19.2 Å². The molecule has 0 saturated heterocycles. The van der Waals surface area contributed by atoms with E-state index in [2.05, 4.69) is 34.9 Å². The van der Waals surface area contributed by atoms with Crippen LogP contribution in [0.15, 0.2) is 48.5 Å². The standard InChI is InChI=1S/C23H32N4O3/c1-26(2)19-10-8-18(9-11-19)21(27(3)4)16-25-23(29)22(28)24-15-14-17-6-12-20(30-5)13-7-17/h6-13,21H,14-16H2,1-5H3,(H,24,28)(H,25,29)/p+1/t21-/m1/s1. The summed E-state index contributed by atoms with van der Waals surface area (Å²) in [6, 6.07) is 15.9. The molecule has 0 aromatic heterocycles. The van der Waals surface area contributed by atoms with Crippen LogP contribution in [0.4, 0.5) is 5.69 Å². The molecule has 0 saturated carbocycles. The van der Waals surface area contributed by atoms with E-state index in [1.807, 2.05) is 57.4 Å². The van der Waals surface area contributed by atoms with Crippen molar-refractivity contribution in [1.29, 1.82) is 0 Å². The summed E-state index contributed by atoms with van der Waals surface area (Å²) in [6.07, 6.45) is 0.645. The number of quaternary nitrogens is 1. The zero-order valence-corrected chi connectivity index (χ0v) is 18.5. The van der Waals surface area contributed by atoms with Crippen molar-refractivity contribution in [1.82, 2.24) is 10.6 Å². The average Bonchev–Trinajstić information content (AvgIpc) is 2.74. The third-order valence-corrected chi connectivity index (χ3v) is 5.04. The Kier molecular flexibility index (Phi) is 8.68. The molecule has 0 radical (unpaired) electrons. The lowest BCUT2D eigenvalue weighted by Crippen LogP contribution is -3.07. The molecule has 3 N–H and O–H groups in total. The first-order chi connectivity index (χ1) is 14.3. The van der Waals surface area contributed by atoms with Gasteiger partial charge < -0.3 is 25.2 Å². The number of likely N-dealkylation sites (N-methyl/N-ethyl adjacent to an activating group) is 1. The highest BCUT2D eigenvalue weighted by Gasteiger charge is 2.21. The highest BCUT2D eigenvalue weighted by atomic mass is 16.5. The molecule has 2 aromatic rings. The van der Waals surface area contributed by atoms with Gasteiger partial charge in [-0.2, -0.15) is 0 Å². The van der Waals surface area contributed by atoms with Crippen LogP contribution in [0.2, 0.25) is 0 Å². The van der Waals surface area contributed by atoms with E-state index in [0.29, 0.717) is 19.5 Å². The number of carbonyl (C=O) groups is 2. The number of hydrogen-bond donors (Lipinski definition) is 3. The number of nitrogens with one attached hydrogen (secondary N) is 3. The third-order valence-electron chi connectivity index (χ3n) is 5.04. The quantitative estimate of drug-likeness (QED) is 0.521. The van der Waals surface area contributed by atoms with Crippen molar-refractivity contribution in [2.45, 2.75) is 12.5 Å². The summed E-state index contributed by atoms with van der Waals surface area (Å²) < 4.78 is 5.13. The number of carbonyl (C=O) groups excluding carboxylic acids is 2. The Bertz CT molecular complexity index is 817. The van der Waals surface area contributed by atoms with Crippen molar-refractivity contribution in [3.63, 3.8) is 0 Å². The number of rotatable bonds is 9. The Morgan fingerprint density at radius 3 is 2.10 bits per heavy atom. The zero-order chi connectivity index (χ0) is 22.1. The molecule has 2 rings (SSSR count). The Labute approximate surface area is 179 Å². The molecule has 0 aliphatic heterocycles. The first-order valence-electron chi connectivity index (χ1n) is 10.1. The molecular weight excluding hydrogens is 380 g/mol. The van der Waals surface area contributed by atoms with E-state index in [1.165, 1.54) is 4.90 Å². The minimum Gasteiger partial charge on any atom is -0.497 e. The number of methoxy groups -OCH3 is 1. The Balaban J connectivity index is 1.83. The minimum absolute atomic E-state index is 0.0530. The smallest absolute Gasteiger partial charge is 0.309 e. The predicted molar refractivity (Wildman–Crippen MR) is 119 cm³/mol. The van der Waals surface area contributed by atoms with Gasteiger partial charge in [-0.15, -0.1) is 0 Å². The summed E-state index contributed by atoms with van der Waals surface area (Å²) in [6.45, 7) is 0.779. The van der Waals surface area contributed by atoms with Crippen LogP contribution in [0.3, 0.4) is 0 Å². The van der Waals surface area contributed by atoms with Crippen molar-refractivity contribution in [3.8, 4) is 5.75 Å². The number of ether oxygens (including phenoxy) is 1. The van der Waals surface area contributed by atoms with Crippen LogP contribution in [-0.2, 0) is 16.0 Å². The molecule has 0 bridgehead atoms. The summed E-state index contributed by atoms with van der Waals surface area (Å²) in [5.74, 6) is -0.434. The largest absolute Gasteiger partial charge is 0.497 e. The first kappa shape index (κ1) is 23.2. The van der Waals surface area contributed by atoms with E-state index in [-0.39, 0.29) is 6.04 Å². The van der Waals surface area contributed by atoms with Crippen LogP contribution < -0.4 is 25.2 Å². The maximum Gasteiger partial charge on any atom is 0.309 e. The molecule has 2 aromatic carbocycles. The lowest BCUT2D eigenvalue weighted by atomic mass is 10.1. The van der Waals surface area contributed by atoms with Gasteiger partial charge in [0.1, 0.15) is 11.8 Å². The van der Waals surface area contributed by atoms with E-state index in [1.54, 1.807) is 7.11 Å². The van der Waals surface area contributed by atoms with Crippen molar-refractivity contribution in [2.24, 2.45) is 0 Å². The molecule has 0 unspecified atom stereocenters. The summed E-state index contributed by atoms with van der Waals surface area (Å²) in [7, 11) is 9.68. The van der Waals surface area contributed by atoms with Gasteiger partial charge in [0.2, 0.25) is 0 Å². The van der Waals surface area contributed by atoms with Crippen LogP contribution >= 0.6 is 0 Å². The van der Waals surface area contributed by atoms with Gasteiger partial charge in [-0.1, -0.05) is 24.3 Å². The second-order valence-corrected chi connectivity index (χ2v) is 7.68. The van der Waals surface area contributed by atoms with Crippen LogP contribution in [0.1, 0.15) is 17.2 Å². The molecule has 0 aliphatic rings. The molecule has 7 heteroatoms. The topological polar surface area (TPSA) is 75.1 Å². The number of nitrogens with zero attached hydrogens (tertiary/aromatic N) is 1. The van der Waals surface area contributed by atoms with Gasteiger partial charge in [-0.05, 0) is 36.2 Å². The molecule has 30 heavy (non-hydrogen) atoms.